The third-order valence-corrected chi connectivity index (χ3v) is 3.72. The number of fused-ring (bicyclic) bond motifs is 1. The van der Waals surface area contributed by atoms with Crippen LogP contribution in [0.15, 0.2) is 23.1 Å². The van der Waals surface area contributed by atoms with Gasteiger partial charge in [-0.15, -0.1) is 23.1 Å². The fourth-order valence-corrected chi connectivity index (χ4v) is 2.80. The van der Waals surface area contributed by atoms with Crippen molar-refractivity contribution in [3.8, 4) is 6.07 Å². The van der Waals surface area contributed by atoms with E-state index in [0.29, 0.717) is 0 Å². The van der Waals surface area contributed by atoms with Gasteiger partial charge in [0.2, 0.25) is 0 Å². The number of hydrogen-bond acceptors (Lipinski definition) is 4. The molecule has 4 heteroatoms. The van der Waals surface area contributed by atoms with Crippen LogP contribution in [0.4, 0.5) is 5.00 Å². The molecule has 0 bridgehead atoms. The smallest absolute Gasteiger partial charge is 0.101 e. The summed E-state index contributed by atoms with van der Waals surface area (Å²) in [6.45, 7) is 0. The number of nitrogens with zero attached hydrogens (tertiary/aromatic N) is 1. The van der Waals surface area contributed by atoms with E-state index < -0.39 is 0 Å². The van der Waals surface area contributed by atoms with Gasteiger partial charge in [0.25, 0.3) is 0 Å². The van der Waals surface area contributed by atoms with Gasteiger partial charge in [-0.25, -0.2) is 0 Å². The highest BCUT2D eigenvalue weighted by atomic mass is 32.2. The van der Waals surface area contributed by atoms with E-state index in [1.807, 2.05) is 24.5 Å². The quantitative estimate of drug-likeness (QED) is 0.751. The highest BCUT2D eigenvalue weighted by Gasteiger charge is 2.08. The lowest BCUT2D eigenvalue weighted by molar-refractivity contribution is 1.41. The molecule has 70 valence electrons. The molecule has 2 rings (SSSR count). The summed E-state index contributed by atoms with van der Waals surface area (Å²) >= 11 is 3.10. The minimum atomic E-state index is 0.739. The van der Waals surface area contributed by atoms with Gasteiger partial charge in [0.1, 0.15) is 6.07 Å². The lowest BCUT2D eigenvalue weighted by Crippen LogP contribution is -1.80. The highest BCUT2D eigenvalue weighted by Crippen LogP contribution is 2.34. The second kappa shape index (κ2) is 3.52. The van der Waals surface area contributed by atoms with Crippen LogP contribution in [0, 0.1) is 11.3 Å². The maximum atomic E-state index is 9.06. The normalized spacial score (nSPS) is 10.3. The maximum absolute atomic E-state index is 9.06. The zero-order valence-corrected chi connectivity index (χ0v) is 9.21. The van der Waals surface area contributed by atoms with Crippen LogP contribution in [0.5, 0.6) is 0 Å². The molecule has 2 aromatic rings. The average Bonchev–Trinajstić information content (AvgIpc) is 2.56. The Morgan fingerprint density at radius 2 is 2.29 bits per heavy atom. The first-order valence-electron chi connectivity index (χ1n) is 4.02. The maximum Gasteiger partial charge on any atom is 0.101 e. The zero-order valence-electron chi connectivity index (χ0n) is 7.57. The predicted octanol–water partition coefficient (Wildman–Crippen LogP) is 3.08. The molecular weight excluding hydrogens is 212 g/mol. The van der Waals surface area contributed by atoms with Crippen molar-refractivity contribution in [3.63, 3.8) is 0 Å². The standard InChI is InChI=1S/C10H8N2S2/c1-13-8-2-3-9-6(7(8)5-11)4-10(12)14-9/h2-4H,12H2,1H3. The summed E-state index contributed by atoms with van der Waals surface area (Å²) in [5.74, 6) is 0. The molecule has 0 saturated carbocycles. The molecule has 2 N–H and O–H groups in total. The molecule has 2 nitrogen and oxygen atoms in total. The number of nitriles is 1. The number of nitrogens with two attached hydrogens (primary N) is 1. The second-order valence-electron chi connectivity index (χ2n) is 2.82. The van der Waals surface area contributed by atoms with E-state index >= 15 is 0 Å². The van der Waals surface area contributed by atoms with E-state index in [1.54, 1.807) is 11.8 Å². The van der Waals surface area contributed by atoms with E-state index in [9.17, 15) is 0 Å². The molecule has 0 saturated heterocycles. The van der Waals surface area contributed by atoms with Crippen LogP contribution in [0.1, 0.15) is 5.56 Å². The molecule has 0 radical (unpaired) electrons. The Morgan fingerprint density at radius 1 is 1.50 bits per heavy atom. The summed E-state index contributed by atoms with van der Waals surface area (Å²) in [7, 11) is 0. The van der Waals surface area contributed by atoms with Crippen molar-refractivity contribution in [1.82, 2.24) is 0 Å². The number of nitrogen functional groups attached to an aromatic ring is 1. The summed E-state index contributed by atoms with van der Waals surface area (Å²) in [6.07, 6.45) is 1.97. The Balaban J connectivity index is 2.84. The summed E-state index contributed by atoms with van der Waals surface area (Å²) in [6, 6.07) is 8.10. The van der Waals surface area contributed by atoms with Crippen molar-refractivity contribution in [1.29, 1.82) is 5.26 Å². The number of anilines is 1. The van der Waals surface area contributed by atoms with Gasteiger partial charge in [0, 0.05) is 15.0 Å². The molecule has 0 amide bonds. The number of hydrogen-bond donors (Lipinski definition) is 1. The molecular formula is C10H8N2S2. The van der Waals surface area contributed by atoms with Gasteiger partial charge in [-0.3, -0.25) is 0 Å². The SMILES string of the molecule is CSc1ccc2sc(N)cc2c1C#N. The van der Waals surface area contributed by atoms with Crippen molar-refractivity contribution in [2.24, 2.45) is 0 Å². The fourth-order valence-electron chi connectivity index (χ4n) is 1.40. The molecule has 0 aliphatic rings. The summed E-state index contributed by atoms with van der Waals surface area (Å²) in [5, 5.41) is 10.8. The third kappa shape index (κ3) is 1.35. The van der Waals surface area contributed by atoms with Crippen molar-refractivity contribution in [3.05, 3.63) is 23.8 Å². The van der Waals surface area contributed by atoms with Gasteiger partial charge >= 0.3 is 0 Å². The van der Waals surface area contributed by atoms with Gasteiger partial charge < -0.3 is 5.73 Å². The molecule has 0 atom stereocenters. The van der Waals surface area contributed by atoms with Crippen LogP contribution >= 0.6 is 23.1 Å². The second-order valence-corrected chi connectivity index (χ2v) is 4.78. The average molecular weight is 220 g/mol. The monoisotopic (exact) mass is 220 g/mol. The molecule has 0 fully saturated rings. The van der Waals surface area contributed by atoms with Crippen molar-refractivity contribution >= 4 is 38.2 Å². The van der Waals surface area contributed by atoms with Gasteiger partial charge in [0.15, 0.2) is 0 Å². The Bertz CT molecular complexity index is 523. The number of thiophene rings is 1. The molecule has 1 aromatic heterocycles. The first kappa shape index (κ1) is 9.38. The Labute approximate surface area is 90.3 Å². The van der Waals surface area contributed by atoms with Crippen LogP contribution in [-0.4, -0.2) is 6.26 Å². The summed E-state index contributed by atoms with van der Waals surface area (Å²) in [5.41, 5.74) is 6.45. The van der Waals surface area contributed by atoms with E-state index in [-0.39, 0.29) is 0 Å². The van der Waals surface area contributed by atoms with E-state index in [1.165, 1.54) is 11.3 Å². The van der Waals surface area contributed by atoms with Crippen molar-refractivity contribution < 1.29 is 0 Å². The molecule has 14 heavy (non-hydrogen) atoms. The summed E-state index contributed by atoms with van der Waals surface area (Å²) < 4.78 is 1.08. The molecule has 1 heterocycles. The molecule has 0 aliphatic heterocycles. The summed E-state index contributed by atoms with van der Waals surface area (Å²) in [4.78, 5) is 1.01. The Hall–Kier alpha value is -1.18. The van der Waals surface area contributed by atoms with Crippen LogP contribution in [0.3, 0.4) is 0 Å². The van der Waals surface area contributed by atoms with Crippen LogP contribution < -0.4 is 5.73 Å². The van der Waals surface area contributed by atoms with E-state index in [4.69, 9.17) is 11.0 Å². The van der Waals surface area contributed by atoms with E-state index in [0.717, 1.165) is 25.5 Å². The Morgan fingerprint density at radius 3 is 2.93 bits per heavy atom. The fraction of sp³-hybridized carbons (Fsp3) is 0.100. The van der Waals surface area contributed by atoms with Crippen molar-refractivity contribution in [2.75, 3.05) is 12.0 Å². The molecule has 1 aromatic carbocycles. The molecule has 0 unspecified atom stereocenters. The van der Waals surface area contributed by atoms with Crippen LogP contribution in [0.2, 0.25) is 0 Å². The van der Waals surface area contributed by atoms with Crippen molar-refractivity contribution in [2.45, 2.75) is 4.90 Å². The predicted molar refractivity (Wildman–Crippen MR) is 62.7 cm³/mol. The first-order valence-corrected chi connectivity index (χ1v) is 6.06. The third-order valence-electron chi connectivity index (χ3n) is 2.01. The first-order chi connectivity index (χ1) is 6.76. The Kier molecular flexibility index (Phi) is 2.36. The van der Waals surface area contributed by atoms with Gasteiger partial charge in [-0.1, -0.05) is 0 Å². The zero-order chi connectivity index (χ0) is 10.1. The van der Waals surface area contributed by atoms with Gasteiger partial charge in [0.05, 0.1) is 10.6 Å². The number of benzene rings is 1. The lowest BCUT2D eigenvalue weighted by atomic mass is 10.1. The minimum Gasteiger partial charge on any atom is -0.391 e. The van der Waals surface area contributed by atoms with Gasteiger partial charge in [-0.05, 0) is 24.5 Å². The highest BCUT2D eigenvalue weighted by molar-refractivity contribution is 7.98. The molecule has 0 spiro atoms. The van der Waals surface area contributed by atoms with Crippen LogP contribution in [0.25, 0.3) is 10.1 Å². The number of rotatable bonds is 1. The largest absolute Gasteiger partial charge is 0.391 e. The molecule has 0 aliphatic carbocycles. The number of thioether (sulfide) groups is 1. The van der Waals surface area contributed by atoms with Crippen LogP contribution in [-0.2, 0) is 0 Å². The van der Waals surface area contributed by atoms with Gasteiger partial charge in [-0.2, -0.15) is 5.26 Å². The lowest BCUT2D eigenvalue weighted by Gasteiger charge is -1.99. The minimum absolute atomic E-state index is 0.739. The topological polar surface area (TPSA) is 49.8 Å². The van der Waals surface area contributed by atoms with E-state index in [2.05, 4.69) is 6.07 Å².